The molecule has 5 heteroatoms. The van der Waals surface area contributed by atoms with Crippen LogP contribution in [0.25, 0.3) is 0 Å². The fourth-order valence-corrected chi connectivity index (χ4v) is 2.08. The maximum atomic E-state index is 11.5. The third-order valence-corrected chi connectivity index (χ3v) is 5.05. The lowest BCUT2D eigenvalue weighted by Crippen LogP contribution is -2.43. The highest BCUT2D eigenvalue weighted by Crippen LogP contribution is 2.19. The zero-order valence-corrected chi connectivity index (χ0v) is 9.97. The summed E-state index contributed by atoms with van der Waals surface area (Å²) >= 11 is 0. The van der Waals surface area contributed by atoms with Crippen molar-refractivity contribution in [2.45, 2.75) is 31.1 Å². The Morgan fingerprint density at radius 2 is 2.07 bits per heavy atom. The van der Waals surface area contributed by atoms with Gasteiger partial charge in [-0.1, -0.05) is 0 Å². The van der Waals surface area contributed by atoms with Crippen LogP contribution in [0.5, 0.6) is 0 Å². The minimum atomic E-state index is -2.99. The van der Waals surface area contributed by atoms with E-state index in [0.29, 0.717) is 6.54 Å². The topological polar surface area (TPSA) is 63.4 Å². The van der Waals surface area contributed by atoms with Crippen molar-refractivity contribution in [2.75, 3.05) is 25.9 Å². The molecule has 1 fully saturated rings. The summed E-state index contributed by atoms with van der Waals surface area (Å²) in [5.41, 5.74) is 5.76. The van der Waals surface area contributed by atoms with Gasteiger partial charge in [0, 0.05) is 25.4 Å². The molecule has 4 nitrogen and oxygen atoms in total. The molecular weight excluding hydrogens is 200 g/mol. The van der Waals surface area contributed by atoms with E-state index >= 15 is 0 Å². The Labute approximate surface area is 86.4 Å². The molecule has 1 rings (SSSR count). The summed E-state index contributed by atoms with van der Waals surface area (Å²) in [5, 5.41) is 0. The highest BCUT2D eigenvalue weighted by atomic mass is 32.2. The highest BCUT2D eigenvalue weighted by Gasteiger charge is 2.34. The quantitative estimate of drug-likeness (QED) is 0.718. The van der Waals surface area contributed by atoms with Gasteiger partial charge in [0.1, 0.15) is 0 Å². The Morgan fingerprint density at radius 3 is 2.43 bits per heavy atom. The average molecular weight is 220 g/mol. The molecule has 0 amide bonds. The second-order valence-corrected chi connectivity index (χ2v) is 7.47. The Morgan fingerprint density at radius 1 is 1.50 bits per heavy atom. The molecule has 1 aliphatic rings. The first-order chi connectivity index (χ1) is 6.22. The summed E-state index contributed by atoms with van der Waals surface area (Å²) < 4.78 is 22.3. The molecule has 1 heterocycles. The maximum Gasteiger partial charge on any atom is 0.153 e. The number of rotatable bonds is 3. The molecule has 84 valence electrons. The smallest absolute Gasteiger partial charge is 0.153 e. The fraction of sp³-hybridized carbons (Fsp3) is 1.00. The number of likely N-dealkylation sites (tertiary alicyclic amines) is 1. The predicted octanol–water partition coefficient (Wildman–Crippen LogP) is -0.157. The number of nitrogens with zero attached hydrogens (tertiary/aromatic N) is 1. The van der Waals surface area contributed by atoms with Gasteiger partial charge in [-0.05, 0) is 26.8 Å². The molecule has 0 spiro atoms. The largest absolute Gasteiger partial charge is 0.326 e. The molecule has 0 aromatic heterocycles. The van der Waals surface area contributed by atoms with Gasteiger partial charge in [-0.3, -0.25) is 0 Å². The minimum absolute atomic E-state index is 0.213. The maximum absolute atomic E-state index is 11.5. The first-order valence-corrected chi connectivity index (χ1v) is 6.79. The van der Waals surface area contributed by atoms with Gasteiger partial charge in [-0.2, -0.15) is 0 Å². The van der Waals surface area contributed by atoms with Crippen LogP contribution >= 0.6 is 0 Å². The molecule has 2 N–H and O–H groups in total. The molecule has 14 heavy (non-hydrogen) atoms. The van der Waals surface area contributed by atoms with E-state index in [-0.39, 0.29) is 6.04 Å². The molecular formula is C9H20N2O2S. The summed E-state index contributed by atoms with van der Waals surface area (Å²) in [5.74, 6) is 0. The molecule has 0 saturated carbocycles. The van der Waals surface area contributed by atoms with Gasteiger partial charge in [-0.25, -0.2) is 8.42 Å². The van der Waals surface area contributed by atoms with Gasteiger partial charge in [0.05, 0.1) is 4.75 Å². The SMILES string of the molecule is CC(C)(CN1CCC(N)C1)S(C)(=O)=O. The summed E-state index contributed by atoms with van der Waals surface area (Å²) in [6, 6.07) is 0.213. The van der Waals surface area contributed by atoms with Gasteiger partial charge in [0.15, 0.2) is 9.84 Å². The van der Waals surface area contributed by atoms with E-state index in [9.17, 15) is 8.42 Å². The van der Waals surface area contributed by atoms with Crippen molar-refractivity contribution < 1.29 is 8.42 Å². The van der Waals surface area contributed by atoms with Crippen LogP contribution in [-0.4, -0.2) is 50.0 Å². The van der Waals surface area contributed by atoms with Gasteiger partial charge < -0.3 is 10.6 Å². The molecule has 0 aromatic rings. The first-order valence-electron chi connectivity index (χ1n) is 4.90. The fourth-order valence-electron chi connectivity index (χ4n) is 1.66. The van der Waals surface area contributed by atoms with Crippen LogP contribution in [0.15, 0.2) is 0 Å². The van der Waals surface area contributed by atoms with E-state index < -0.39 is 14.6 Å². The van der Waals surface area contributed by atoms with Crippen LogP contribution in [-0.2, 0) is 9.84 Å². The van der Waals surface area contributed by atoms with Crippen LogP contribution in [0.2, 0.25) is 0 Å². The Bertz CT molecular complexity index is 298. The zero-order chi connectivity index (χ0) is 11.0. The van der Waals surface area contributed by atoms with Crippen molar-refractivity contribution in [3.8, 4) is 0 Å². The lowest BCUT2D eigenvalue weighted by Gasteiger charge is -2.28. The van der Waals surface area contributed by atoms with E-state index in [2.05, 4.69) is 4.90 Å². The number of hydrogen-bond donors (Lipinski definition) is 1. The number of sulfone groups is 1. The van der Waals surface area contributed by atoms with Crippen LogP contribution in [0.4, 0.5) is 0 Å². The Kier molecular flexibility index (Phi) is 3.23. The van der Waals surface area contributed by atoms with Crippen molar-refractivity contribution in [2.24, 2.45) is 5.73 Å². The molecule has 1 saturated heterocycles. The van der Waals surface area contributed by atoms with Crippen molar-refractivity contribution >= 4 is 9.84 Å². The second kappa shape index (κ2) is 3.79. The zero-order valence-electron chi connectivity index (χ0n) is 9.16. The van der Waals surface area contributed by atoms with E-state index in [0.717, 1.165) is 19.5 Å². The third kappa shape index (κ3) is 2.68. The lowest BCUT2D eigenvalue weighted by atomic mass is 10.2. The lowest BCUT2D eigenvalue weighted by molar-refractivity contribution is 0.303. The molecule has 1 unspecified atom stereocenters. The molecule has 1 atom stereocenters. The van der Waals surface area contributed by atoms with Crippen LogP contribution < -0.4 is 5.73 Å². The molecule has 0 aliphatic carbocycles. The Hall–Kier alpha value is -0.130. The molecule has 1 aliphatic heterocycles. The van der Waals surface area contributed by atoms with E-state index in [4.69, 9.17) is 5.73 Å². The van der Waals surface area contributed by atoms with Crippen LogP contribution in [0.3, 0.4) is 0 Å². The summed E-state index contributed by atoms with van der Waals surface area (Å²) in [6.07, 6.45) is 2.27. The summed E-state index contributed by atoms with van der Waals surface area (Å²) in [4.78, 5) is 2.13. The third-order valence-electron chi connectivity index (χ3n) is 2.92. The van der Waals surface area contributed by atoms with Gasteiger partial charge in [-0.15, -0.1) is 0 Å². The second-order valence-electron chi connectivity index (χ2n) is 4.82. The van der Waals surface area contributed by atoms with E-state index in [1.54, 1.807) is 13.8 Å². The van der Waals surface area contributed by atoms with Gasteiger partial charge in [0.25, 0.3) is 0 Å². The molecule has 0 bridgehead atoms. The normalized spacial score (nSPS) is 25.6. The van der Waals surface area contributed by atoms with Gasteiger partial charge in [0.2, 0.25) is 0 Å². The van der Waals surface area contributed by atoms with Crippen LogP contribution in [0, 0.1) is 0 Å². The van der Waals surface area contributed by atoms with Crippen molar-refractivity contribution in [3.63, 3.8) is 0 Å². The average Bonchev–Trinajstić information content (AvgIpc) is 2.31. The van der Waals surface area contributed by atoms with Gasteiger partial charge >= 0.3 is 0 Å². The Balaban J connectivity index is 2.60. The standard InChI is InChI=1S/C9H20N2O2S/c1-9(2,14(3,12)13)7-11-5-4-8(10)6-11/h8H,4-7,10H2,1-3H3. The first kappa shape index (κ1) is 11.9. The van der Waals surface area contributed by atoms with Crippen molar-refractivity contribution in [1.29, 1.82) is 0 Å². The number of nitrogens with two attached hydrogens (primary N) is 1. The highest BCUT2D eigenvalue weighted by molar-refractivity contribution is 7.92. The molecule has 0 radical (unpaired) electrons. The van der Waals surface area contributed by atoms with E-state index in [1.807, 2.05) is 0 Å². The number of hydrogen-bond acceptors (Lipinski definition) is 4. The summed E-state index contributed by atoms with van der Waals surface area (Å²) in [7, 11) is -2.99. The predicted molar refractivity (Wildman–Crippen MR) is 58.0 cm³/mol. The van der Waals surface area contributed by atoms with Crippen molar-refractivity contribution in [3.05, 3.63) is 0 Å². The van der Waals surface area contributed by atoms with Crippen LogP contribution in [0.1, 0.15) is 20.3 Å². The van der Waals surface area contributed by atoms with Crippen molar-refractivity contribution in [1.82, 2.24) is 4.90 Å². The monoisotopic (exact) mass is 220 g/mol. The van der Waals surface area contributed by atoms with E-state index in [1.165, 1.54) is 6.26 Å². The minimum Gasteiger partial charge on any atom is -0.326 e. The molecule has 0 aromatic carbocycles. The summed E-state index contributed by atoms with van der Waals surface area (Å²) in [6.45, 7) is 5.86.